The molecule has 0 aliphatic carbocycles. The number of urea groups is 1. The summed E-state index contributed by atoms with van der Waals surface area (Å²) in [5.74, 6) is -4.00. The number of carbonyl (C=O) groups is 3. The molecule has 3 heterocycles. The molecule has 2 atom stereocenters. The van der Waals surface area contributed by atoms with E-state index >= 15 is 0 Å². The van der Waals surface area contributed by atoms with Crippen LogP contribution in [0.3, 0.4) is 0 Å². The molecule has 0 radical (unpaired) electrons. The van der Waals surface area contributed by atoms with Gasteiger partial charge in [-0.3, -0.25) is 14.6 Å². The molecular formula is C29H34F2N6O8S. The second-order valence-electron chi connectivity index (χ2n) is 10.4. The molecule has 3 aromatic rings. The van der Waals surface area contributed by atoms with Gasteiger partial charge in [0.2, 0.25) is 17.6 Å². The molecule has 14 nitrogen and oxygen atoms in total. The summed E-state index contributed by atoms with van der Waals surface area (Å²) < 4.78 is 67.8. The Bertz CT molecular complexity index is 1590. The van der Waals surface area contributed by atoms with E-state index in [9.17, 15) is 31.6 Å². The van der Waals surface area contributed by atoms with E-state index in [4.69, 9.17) is 9.15 Å². The summed E-state index contributed by atoms with van der Waals surface area (Å²) in [6.45, 7) is -0.389. The number of carbonyl (C=O) groups excluding carboxylic acids is 3. The van der Waals surface area contributed by atoms with Crippen LogP contribution in [0.15, 0.2) is 53.2 Å². The number of Topliss-reactive ketones (excluding diaryl/α,β-unsaturated/α-hetero) is 1. The molecule has 3 amide bonds. The van der Waals surface area contributed by atoms with E-state index in [0.29, 0.717) is 18.4 Å². The predicted molar refractivity (Wildman–Crippen MR) is 159 cm³/mol. The first kappa shape index (κ1) is 34.4. The van der Waals surface area contributed by atoms with Crippen LogP contribution in [0, 0.1) is 0 Å². The van der Waals surface area contributed by atoms with E-state index in [1.807, 2.05) is 6.92 Å². The summed E-state index contributed by atoms with van der Waals surface area (Å²) in [5, 5.41) is 12.7. The van der Waals surface area contributed by atoms with Crippen molar-refractivity contribution in [2.24, 2.45) is 0 Å². The van der Waals surface area contributed by atoms with Gasteiger partial charge in [0, 0.05) is 31.0 Å². The number of halogens is 2. The van der Waals surface area contributed by atoms with Crippen molar-refractivity contribution in [2.45, 2.75) is 50.6 Å². The number of pyridine rings is 1. The highest BCUT2D eigenvalue weighted by atomic mass is 32.2. The molecule has 0 saturated carbocycles. The zero-order chi connectivity index (χ0) is 33.1. The monoisotopic (exact) mass is 664 g/mol. The third-order valence-electron chi connectivity index (χ3n) is 6.92. The fraction of sp³-hybridized carbons (Fsp3) is 0.448. The Hall–Kier alpha value is -4.51. The Morgan fingerprint density at radius 1 is 1.04 bits per heavy atom. The second-order valence-corrected chi connectivity index (χ2v) is 12.5. The lowest BCUT2D eigenvalue weighted by molar-refractivity contribution is -0.123. The summed E-state index contributed by atoms with van der Waals surface area (Å²) in [5.41, 5.74) is 0.415. The third-order valence-corrected chi connectivity index (χ3v) is 8.51. The molecule has 2 aromatic heterocycles. The third kappa shape index (κ3) is 9.74. The number of nitrogens with one attached hydrogen (secondary N) is 2. The SMILES string of the molecule is CCCCC(NC(=O)C(CS(=O)(=O)Cc1ccccc1OC(F)F)NC(=O)N1CCOCC1)C(=O)c1nnc(-c2cccnc2)o1. The fourth-order valence-electron chi connectivity index (χ4n) is 4.60. The first-order valence-corrected chi connectivity index (χ1v) is 16.3. The van der Waals surface area contributed by atoms with Crippen molar-refractivity contribution >= 4 is 27.6 Å². The van der Waals surface area contributed by atoms with Crippen LogP contribution in [0.4, 0.5) is 13.6 Å². The Labute approximate surface area is 263 Å². The summed E-state index contributed by atoms with van der Waals surface area (Å²) >= 11 is 0. The van der Waals surface area contributed by atoms with E-state index < -0.39 is 57.8 Å². The van der Waals surface area contributed by atoms with Gasteiger partial charge in [0.1, 0.15) is 11.8 Å². The van der Waals surface area contributed by atoms with Crippen molar-refractivity contribution in [3.8, 4) is 17.2 Å². The van der Waals surface area contributed by atoms with Crippen LogP contribution in [-0.2, 0) is 25.1 Å². The minimum atomic E-state index is -4.24. The minimum absolute atomic E-state index is 0.0369. The number of aromatic nitrogens is 3. The van der Waals surface area contributed by atoms with Crippen LogP contribution >= 0.6 is 0 Å². The van der Waals surface area contributed by atoms with Gasteiger partial charge in [-0.05, 0) is 24.6 Å². The highest BCUT2D eigenvalue weighted by molar-refractivity contribution is 7.90. The number of rotatable bonds is 15. The van der Waals surface area contributed by atoms with Crippen molar-refractivity contribution in [3.63, 3.8) is 0 Å². The van der Waals surface area contributed by atoms with Gasteiger partial charge in [0.25, 0.3) is 5.89 Å². The van der Waals surface area contributed by atoms with Crippen LogP contribution in [0.1, 0.15) is 42.4 Å². The highest BCUT2D eigenvalue weighted by Crippen LogP contribution is 2.23. The van der Waals surface area contributed by atoms with Crippen LogP contribution in [-0.4, -0.2) is 97.0 Å². The number of alkyl halides is 2. The number of hydrogen-bond donors (Lipinski definition) is 2. The molecular weight excluding hydrogens is 630 g/mol. The first-order chi connectivity index (χ1) is 22.1. The van der Waals surface area contributed by atoms with Gasteiger partial charge >= 0.3 is 12.6 Å². The maximum Gasteiger partial charge on any atom is 0.387 e. The van der Waals surface area contributed by atoms with Crippen molar-refractivity contribution in [1.29, 1.82) is 0 Å². The van der Waals surface area contributed by atoms with Crippen LogP contribution in [0.5, 0.6) is 5.75 Å². The Kier molecular flexibility index (Phi) is 12.1. The molecule has 2 unspecified atom stereocenters. The number of sulfone groups is 1. The van der Waals surface area contributed by atoms with Crippen molar-refractivity contribution in [1.82, 2.24) is 30.7 Å². The lowest BCUT2D eigenvalue weighted by Gasteiger charge is -2.29. The summed E-state index contributed by atoms with van der Waals surface area (Å²) in [7, 11) is -4.24. The molecule has 4 rings (SSSR count). The Morgan fingerprint density at radius 2 is 1.80 bits per heavy atom. The lowest BCUT2D eigenvalue weighted by Crippen LogP contribution is -2.57. The summed E-state index contributed by atoms with van der Waals surface area (Å²) in [6.07, 6.45) is 4.34. The number of morpholine rings is 1. The fourth-order valence-corrected chi connectivity index (χ4v) is 6.17. The predicted octanol–water partition coefficient (Wildman–Crippen LogP) is 2.62. The van der Waals surface area contributed by atoms with Crippen molar-refractivity contribution in [3.05, 3.63) is 60.2 Å². The van der Waals surface area contributed by atoms with E-state index in [1.54, 1.807) is 18.3 Å². The first-order valence-electron chi connectivity index (χ1n) is 14.5. The molecule has 1 aromatic carbocycles. The molecule has 1 fully saturated rings. The zero-order valence-corrected chi connectivity index (χ0v) is 25.8. The van der Waals surface area contributed by atoms with Gasteiger partial charge in [-0.15, -0.1) is 10.2 Å². The van der Waals surface area contributed by atoms with E-state index in [0.717, 1.165) is 0 Å². The molecule has 1 aliphatic heterocycles. The smallest absolute Gasteiger partial charge is 0.387 e. The second kappa shape index (κ2) is 16.2. The van der Waals surface area contributed by atoms with Gasteiger partial charge < -0.3 is 29.4 Å². The number of ketones is 1. The Balaban J connectivity index is 1.56. The molecule has 1 saturated heterocycles. The quantitative estimate of drug-likeness (QED) is 0.228. The summed E-state index contributed by atoms with van der Waals surface area (Å²) in [4.78, 5) is 45.5. The van der Waals surface area contributed by atoms with Crippen LogP contribution in [0.25, 0.3) is 11.5 Å². The minimum Gasteiger partial charge on any atom is -0.435 e. The molecule has 46 heavy (non-hydrogen) atoms. The standard InChI is InChI=1S/C29H34F2N6O8S/c1-2-3-9-21(24(38)27-36-35-26(45-27)19-8-6-11-32-16-19)33-25(39)22(34-29(40)37-12-14-43-15-13-37)18-46(41,42)17-20-7-4-5-10-23(20)44-28(30)31/h4-8,10-11,16,21-22,28H,2-3,9,12-15,17-18H2,1H3,(H,33,39)(H,34,40). The number of amides is 3. The average molecular weight is 665 g/mol. The van der Waals surface area contributed by atoms with E-state index in [2.05, 4.69) is 30.6 Å². The molecule has 2 N–H and O–H groups in total. The molecule has 17 heteroatoms. The number of hydrogen-bond acceptors (Lipinski definition) is 11. The van der Waals surface area contributed by atoms with Gasteiger partial charge in [-0.1, -0.05) is 38.0 Å². The number of nitrogens with zero attached hydrogens (tertiary/aromatic N) is 4. The molecule has 0 spiro atoms. The number of benzene rings is 1. The summed E-state index contributed by atoms with van der Waals surface area (Å²) in [6, 6.07) is 5.10. The van der Waals surface area contributed by atoms with E-state index in [1.165, 1.54) is 35.4 Å². The number of unbranched alkanes of at least 4 members (excludes halogenated alkanes) is 1. The van der Waals surface area contributed by atoms with Gasteiger partial charge in [0.05, 0.1) is 36.3 Å². The largest absolute Gasteiger partial charge is 0.435 e. The van der Waals surface area contributed by atoms with Gasteiger partial charge in [0.15, 0.2) is 9.84 Å². The number of ether oxygens (including phenoxy) is 2. The Morgan fingerprint density at radius 3 is 2.50 bits per heavy atom. The van der Waals surface area contributed by atoms with Gasteiger partial charge in [-0.25, -0.2) is 13.2 Å². The maximum atomic E-state index is 13.7. The lowest BCUT2D eigenvalue weighted by atomic mass is 10.0. The van der Waals surface area contributed by atoms with Crippen molar-refractivity contribution in [2.75, 3.05) is 32.1 Å². The van der Waals surface area contributed by atoms with Crippen LogP contribution in [0.2, 0.25) is 0 Å². The van der Waals surface area contributed by atoms with Crippen LogP contribution < -0.4 is 15.4 Å². The molecule has 248 valence electrons. The van der Waals surface area contributed by atoms with Crippen molar-refractivity contribution < 1.29 is 45.5 Å². The average Bonchev–Trinajstić information content (AvgIpc) is 3.54. The molecule has 1 aliphatic rings. The normalized spacial score (nSPS) is 14.8. The molecule has 0 bridgehead atoms. The van der Waals surface area contributed by atoms with Gasteiger partial charge in [-0.2, -0.15) is 8.78 Å². The number of para-hydroxylation sites is 1. The maximum absolute atomic E-state index is 13.7. The zero-order valence-electron chi connectivity index (χ0n) is 24.9. The topological polar surface area (TPSA) is 183 Å². The highest BCUT2D eigenvalue weighted by Gasteiger charge is 2.34. The van der Waals surface area contributed by atoms with E-state index in [-0.39, 0.29) is 55.8 Å².